The molecular weight excluding hydrogens is 484 g/mol. The lowest BCUT2D eigenvalue weighted by Crippen LogP contribution is -2.40. The van der Waals surface area contributed by atoms with E-state index in [0.29, 0.717) is 46.3 Å². The summed E-state index contributed by atoms with van der Waals surface area (Å²) in [6.45, 7) is 2.23. The minimum absolute atomic E-state index is 0.0609. The predicted octanol–water partition coefficient (Wildman–Crippen LogP) is 4.73. The Bertz CT molecular complexity index is 1280. The highest BCUT2D eigenvalue weighted by atomic mass is 16.5. The van der Waals surface area contributed by atoms with Gasteiger partial charge < -0.3 is 31.0 Å². The van der Waals surface area contributed by atoms with E-state index in [-0.39, 0.29) is 23.9 Å². The lowest BCUT2D eigenvalue weighted by Gasteiger charge is -2.26. The first kappa shape index (κ1) is 26.7. The second-order valence-electron chi connectivity index (χ2n) is 9.16. The summed E-state index contributed by atoms with van der Waals surface area (Å²) in [5, 5.41) is 11.0. The second-order valence-corrected chi connectivity index (χ2v) is 9.16. The van der Waals surface area contributed by atoms with Gasteiger partial charge in [0.1, 0.15) is 23.0 Å². The molecule has 0 aliphatic heterocycles. The first-order valence-corrected chi connectivity index (χ1v) is 12.6. The Balaban J connectivity index is 1.56. The van der Waals surface area contributed by atoms with E-state index in [2.05, 4.69) is 5.32 Å². The van der Waals surface area contributed by atoms with Gasteiger partial charge in [0.25, 0.3) is 5.91 Å². The Morgan fingerprint density at radius 2 is 1.34 bits per heavy atom. The van der Waals surface area contributed by atoms with Crippen LogP contribution in [0.1, 0.15) is 58.9 Å². The topological polar surface area (TPSA) is 150 Å². The Morgan fingerprint density at radius 1 is 0.816 bits per heavy atom. The van der Waals surface area contributed by atoms with Gasteiger partial charge in [0.05, 0.1) is 6.61 Å². The van der Waals surface area contributed by atoms with Gasteiger partial charge in [-0.05, 0) is 93.3 Å². The number of hydrogen-bond donors (Lipinski definition) is 4. The zero-order chi connectivity index (χ0) is 27.1. The minimum Gasteiger partial charge on any atom is -0.478 e. The van der Waals surface area contributed by atoms with Crippen molar-refractivity contribution in [3.63, 3.8) is 0 Å². The van der Waals surface area contributed by atoms with Gasteiger partial charge in [-0.2, -0.15) is 0 Å². The van der Waals surface area contributed by atoms with E-state index in [1.807, 2.05) is 6.92 Å². The van der Waals surface area contributed by atoms with Crippen molar-refractivity contribution in [2.45, 2.75) is 44.7 Å². The van der Waals surface area contributed by atoms with E-state index >= 15 is 0 Å². The molecule has 9 nitrogen and oxygen atoms in total. The Labute approximate surface area is 221 Å². The molecule has 0 unspecified atom stereocenters. The summed E-state index contributed by atoms with van der Waals surface area (Å²) in [4.78, 5) is 24.5. The average Bonchev–Trinajstić information content (AvgIpc) is 2.90. The summed E-state index contributed by atoms with van der Waals surface area (Å²) in [5.41, 5.74) is 12.7. The third-order valence-corrected chi connectivity index (χ3v) is 6.26. The summed E-state index contributed by atoms with van der Waals surface area (Å²) >= 11 is 0. The standard InChI is InChI=1S/C29H32N4O5/c1-2-36-28(32)19-5-13-24(14-6-19)38-26-16-20(29(35)33-22-9-7-21(30)8-10-22)15-25(17-26)37-23-11-3-18(4-12-23)27(31)34/h3-6,11-17,21-22,32H,2,7-10,30H2,1H3,(H2,31,34)(H,33,35). The van der Waals surface area contributed by atoms with Crippen molar-refractivity contribution in [3.05, 3.63) is 83.4 Å². The number of ether oxygens (including phenoxy) is 3. The van der Waals surface area contributed by atoms with E-state index in [1.165, 1.54) is 0 Å². The molecule has 1 fully saturated rings. The van der Waals surface area contributed by atoms with Crippen LogP contribution < -0.4 is 26.3 Å². The van der Waals surface area contributed by atoms with Crippen LogP contribution in [-0.2, 0) is 4.74 Å². The van der Waals surface area contributed by atoms with Crippen molar-refractivity contribution in [1.29, 1.82) is 5.41 Å². The van der Waals surface area contributed by atoms with E-state index in [9.17, 15) is 9.59 Å². The van der Waals surface area contributed by atoms with Gasteiger partial charge in [-0.25, -0.2) is 0 Å². The molecule has 4 rings (SSSR count). The highest BCUT2D eigenvalue weighted by molar-refractivity contribution is 5.95. The van der Waals surface area contributed by atoms with Gasteiger partial charge in [-0.1, -0.05) is 0 Å². The third-order valence-electron chi connectivity index (χ3n) is 6.26. The number of primary amides is 1. The Morgan fingerprint density at radius 3 is 1.84 bits per heavy atom. The molecule has 0 saturated heterocycles. The van der Waals surface area contributed by atoms with Crippen LogP contribution in [0.5, 0.6) is 23.0 Å². The van der Waals surface area contributed by atoms with Crippen molar-refractivity contribution in [2.75, 3.05) is 6.61 Å². The van der Waals surface area contributed by atoms with Gasteiger partial charge >= 0.3 is 0 Å². The molecular formula is C29H32N4O5. The molecule has 3 aromatic carbocycles. The van der Waals surface area contributed by atoms with Crippen molar-refractivity contribution >= 4 is 17.7 Å². The maximum absolute atomic E-state index is 13.2. The SMILES string of the molecule is CCOC(=N)c1ccc(Oc2cc(Oc3ccc(C(N)=O)cc3)cc(C(=O)NC3CCC(N)CC3)c2)cc1. The zero-order valence-corrected chi connectivity index (χ0v) is 21.2. The van der Waals surface area contributed by atoms with Gasteiger partial charge in [0.2, 0.25) is 11.8 Å². The molecule has 0 radical (unpaired) electrons. The third kappa shape index (κ3) is 7.10. The molecule has 3 aromatic rings. The zero-order valence-electron chi connectivity index (χ0n) is 21.2. The second kappa shape index (κ2) is 12.2. The van der Waals surface area contributed by atoms with Crippen LogP contribution in [0.15, 0.2) is 66.7 Å². The monoisotopic (exact) mass is 516 g/mol. The van der Waals surface area contributed by atoms with Crippen molar-refractivity contribution in [1.82, 2.24) is 5.32 Å². The molecule has 1 saturated carbocycles. The number of benzene rings is 3. The first-order chi connectivity index (χ1) is 18.3. The van der Waals surface area contributed by atoms with Crippen LogP contribution in [0, 0.1) is 5.41 Å². The van der Waals surface area contributed by atoms with Crippen molar-refractivity contribution in [3.8, 4) is 23.0 Å². The van der Waals surface area contributed by atoms with Crippen LogP contribution in [-0.4, -0.2) is 36.4 Å². The van der Waals surface area contributed by atoms with Crippen LogP contribution in [0.2, 0.25) is 0 Å². The Hall–Kier alpha value is -4.37. The van der Waals surface area contributed by atoms with Crippen LogP contribution >= 0.6 is 0 Å². The van der Waals surface area contributed by atoms with Crippen molar-refractivity contribution in [2.24, 2.45) is 11.5 Å². The number of nitrogens with one attached hydrogen (secondary N) is 2. The fourth-order valence-corrected chi connectivity index (χ4v) is 4.21. The highest BCUT2D eigenvalue weighted by Crippen LogP contribution is 2.31. The smallest absolute Gasteiger partial charge is 0.251 e. The molecule has 0 bridgehead atoms. The van der Waals surface area contributed by atoms with Gasteiger partial charge in [-0.3, -0.25) is 15.0 Å². The molecule has 2 amide bonds. The van der Waals surface area contributed by atoms with E-state index in [1.54, 1.807) is 66.7 Å². The number of hydrogen-bond acceptors (Lipinski definition) is 7. The number of amides is 2. The fourth-order valence-electron chi connectivity index (χ4n) is 4.21. The quantitative estimate of drug-likeness (QED) is 0.238. The predicted molar refractivity (Wildman–Crippen MR) is 144 cm³/mol. The summed E-state index contributed by atoms with van der Waals surface area (Å²) < 4.78 is 17.3. The van der Waals surface area contributed by atoms with Crippen LogP contribution in [0.25, 0.3) is 0 Å². The number of nitrogens with two attached hydrogens (primary N) is 2. The fraction of sp³-hybridized carbons (Fsp3) is 0.276. The molecule has 0 spiro atoms. The number of carbonyl (C=O) groups is 2. The number of rotatable bonds is 9. The summed E-state index contributed by atoms with van der Waals surface area (Å²) in [6, 6.07) is 18.5. The molecule has 6 N–H and O–H groups in total. The largest absolute Gasteiger partial charge is 0.478 e. The van der Waals surface area contributed by atoms with E-state index in [0.717, 1.165) is 25.7 Å². The summed E-state index contributed by atoms with van der Waals surface area (Å²) in [6.07, 6.45) is 3.42. The number of carbonyl (C=O) groups excluding carboxylic acids is 2. The van der Waals surface area contributed by atoms with Crippen LogP contribution in [0.4, 0.5) is 0 Å². The molecule has 1 aliphatic carbocycles. The molecule has 0 aromatic heterocycles. The summed E-state index contributed by atoms with van der Waals surface area (Å²) in [5.74, 6) is 1.11. The normalized spacial score (nSPS) is 16.8. The molecule has 38 heavy (non-hydrogen) atoms. The molecule has 0 atom stereocenters. The first-order valence-electron chi connectivity index (χ1n) is 12.6. The van der Waals surface area contributed by atoms with Crippen molar-refractivity contribution < 1.29 is 23.8 Å². The van der Waals surface area contributed by atoms with Gasteiger partial charge in [-0.15, -0.1) is 0 Å². The maximum Gasteiger partial charge on any atom is 0.251 e. The lowest BCUT2D eigenvalue weighted by molar-refractivity contribution is 0.0924. The van der Waals surface area contributed by atoms with E-state index in [4.69, 9.17) is 31.1 Å². The maximum atomic E-state index is 13.2. The van der Waals surface area contributed by atoms with Crippen LogP contribution in [0.3, 0.4) is 0 Å². The average molecular weight is 517 g/mol. The molecule has 1 aliphatic rings. The Kier molecular flexibility index (Phi) is 8.60. The highest BCUT2D eigenvalue weighted by Gasteiger charge is 2.21. The van der Waals surface area contributed by atoms with Gasteiger partial charge in [0, 0.05) is 34.8 Å². The molecule has 9 heteroatoms. The minimum atomic E-state index is -0.531. The van der Waals surface area contributed by atoms with Gasteiger partial charge in [0.15, 0.2) is 0 Å². The summed E-state index contributed by atoms with van der Waals surface area (Å²) in [7, 11) is 0. The lowest BCUT2D eigenvalue weighted by atomic mass is 9.91. The molecule has 0 heterocycles. The van der Waals surface area contributed by atoms with E-state index < -0.39 is 5.91 Å². The molecule has 198 valence electrons.